The Labute approximate surface area is 110 Å². The van der Waals surface area contributed by atoms with Gasteiger partial charge in [0.1, 0.15) is 5.84 Å². The molecule has 18 heavy (non-hydrogen) atoms. The predicted octanol–water partition coefficient (Wildman–Crippen LogP) is 1.54. The molecule has 5 N–H and O–H groups in total. The van der Waals surface area contributed by atoms with Gasteiger partial charge in [0.25, 0.3) is 0 Å². The van der Waals surface area contributed by atoms with E-state index in [0.717, 1.165) is 32.4 Å². The Morgan fingerprint density at radius 2 is 1.83 bits per heavy atom. The van der Waals surface area contributed by atoms with Gasteiger partial charge >= 0.3 is 0 Å². The summed E-state index contributed by atoms with van der Waals surface area (Å²) >= 11 is 0. The fraction of sp³-hybridized carbons (Fsp3) is 0.923. The highest BCUT2D eigenvalue weighted by Crippen LogP contribution is 2.22. The molecule has 0 amide bonds. The van der Waals surface area contributed by atoms with E-state index in [1.807, 2.05) is 13.8 Å². The largest absolute Gasteiger partial charge is 0.409 e. The maximum absolute atomic E-state index is 8.82. The molecule has 0 saturated heterocycles. The van der Waals surface area contributed by atoms with Gasteiger partial charge in [-0.3, -0.25) is 0 Å². The second kappa shape index (κ2) is 7.59. The number of oxime groups is 1. The van der Waals surface area contributed by atoms with Gasteiger partial charge in [0.2, 0.25) is 0 Å². The number of nitrogens with zero attached hydrogens (tertiary/aromatic N) is 1. The zero-order chi connectivity index (χ0) is 14.2. The zero-order valence-corrected chi connectivity index (χ0v) is 12.2. The first-order valence-electron chi connectivity index (χ1n) is 6.55. The smallest absolute Gasteiger partial charge is 0.144 e. The lowest BCUT2D eigenvalue weighted by molar-refractivity contribution is 0.235. The van der Waals surface area contributed by atoms with E-state index < -0.39 is 0 Å². The standard InChI is InChI=1S/C13H29N3O2/c1-12(2,6-5-9-17)10-15-8-7-13(3,4)11(14)16-18/h15,17-18H,5-10H2,1-4H3,(H2,14,16). The molecule has 0 atom stereocenters. The van der Waals surface area contributed by atoms with Crippen molar-refractivity contribution in [2.45, 2.75) is 47.0 Å². The van der Waals surface area contributed by atoms with Gasteiger partial charge in [-0.25, -0.2) is 0 Å². The normalized spacial score (nSPS) is 13.9. The van der Waals surface area contributed by atoms with E-state index in [2.05, 4.69) is 24.3 Å². The maximum atomic E-state index is 8.82. The fourth-order valence-corrected chi connectivity index (χ4v) is 1.74. The molecule has 108 valence electrons. The van der Waals surface area contributed by atoms with Crippen LogP contribution < -0.4 is 11.1 Å². The van der Waals surface area contributed by atoms with Crippen LogP contribution in [0.25, 0.3) is 0 Å². The van der Waals surface area contributed by atoms with Crippen molar-refractivity contribution in [2.24, 2.45) is 21.7 Å². The van der Waals surface area contributed by atoms with Gasteiger partial charge in [-0.05, 0) is 31.2 Å². The number of nitrogens with two attached hydrogens (primary N) is 1. The van der Waals surface area contributed by atoms with Crippen LogP contribution in [0.4, 0.5) is 0 Å². The van der Waals surface area contributed by atoms with Gasteiger partial charge < -0.3 is 21.4 Å². The molecule has 0 aromatic rings. The van der Waals surface area contributed by atoms with E-state index in [1.54, 1.807) is 0 Å². The number of nitrogens with one attached hydrogen (secondary N) is 1. The minimum atomic E-state index is -0.295. The Balaban J connectivity index is 3.92. The second-order valence-electron chi connectivity index (χ2n) is 6.29. The van der Waals surface area contributed by atoms with Gasteiger partial charge in [-0.15, -0.1) is 0 Å². The molecule has 0 bridgehead atoms. The Morgan fingerprint density at radius 1 is 1.22 bits per heavy atom. The number of hydrogen-bond donors (Lipinski definition) is 4. The summed E-state index contributed by atoms with van der Waals surface area (Å²) in [6.07, 6.45) is 2.66. The summed E-state index contributed by atoms with van der Waals surface area (Å²) in [6, 6.07) is 0. The molecule has 0 aromatic carbocycles. The van der Waals surface area contributed by atoms with Crippen molar-refractivity contribution < 1.29 is 10.3 Å². The number of hydrogen-bond acceptors (Lipinski definition) is 4. The minimum absolute atomic E-state index is 0.184. The highest BCUT2D eigenvalue weighted by molar-refractivity contribution is 5.85. The summed E-state index contributed by atoms with van der Waals surface area (Å²) in [5.74, 6) is 0.267. The van der Waals surface area contributed by atoms with Crippen LogP contribution in [0.5, 0.6) is 0 Å². The van der Waals surface area contributed by atoms with Crippen LogP contribution in [0.15, 0.2) is 5.16 Å². The Morgan fingerprint density at radius 3 is 2.33 bits per heavy atom. The second-order valence-corrected chi connectivity index (χ2v) is 6.29. The van der Waals surface area contributed by atoms with Crippen LogP contribution in [0, 0.1) is 10.8 Å². The van der Waals surface area contributed by atoms with Crippen LogP contribution in [0.1, 0.15) is 47.0 Å². The molecule has 5 heteroatoms. The van der Waals surface area contributed by atoms with Crippen molar-refractivity contribution in [3.8, 4) is 0 Å². The first kappa shape index (κ1) is 17.2. The van der Waals surface area contributed by atoms with Crippen LogP contribution in [-0.4, -0.2) is 35.8 Å². The molecular formula is C13H29N3O2. The van der Waals surface area contributed by atoms with Gasteiger partial charge in [-0.2, -0.15) is 0 Å². The SMILES string of the molecule is CC(C)(CCCO)CNCCC(C)(C)C(N)=NO. The first-order chi connectivity index (χ1) is 8.25. The van der Waals surface area contributed by atoms with Crippen molar-refractivity contribution in [3.63, 3.8) is 0 Å². The molecule has 0 saturated carbocycles. The van der Waals surface area contributed by atoms with E-state index in [-0.39, 0.29) is 23.3 Å². The molecule has 5 nitrogen and oxygen atoms in total. The highest BCUT2D eigenvalue weighted by atomic mass is 16.4. The molecule has 0 unspecified atom stereocenters. The molecule has 0 rings (SSSR count). The lowest BCUT2D eigenvalue weighted by Crippen LogP contribution is -2.37. The molecule has 0 spiro atoms. The maximum Gasteiger partial charge on any atom is 0.144 e. The van der Waals surface area contributed by atoms with Crippen molar-refractivity contribution in [2.75, 3.05) is 19.7 Å². The van der Waals surface area contributed by atoms with E-state index in [9.17, 15) is 0 Å². The number of aliphatic hydroxyl groups excluding tert-OH is 1. The van der Waals surface area contributed by atoms with Gasteiger partial charge in [0.05, 0.1) is 0 Å². The quantitative estimate of drug-likeness (QED) is 0.166. The summed E-state index contributed by atoms with van der Waals surface area (Å²) in [6.45, 7) is 10.3. The lowest BCUT2D eigenvalue weighted by Gasteiger charge is -2.27. The molecule has 0 aromatic heterocycles. The molecule has 0 aliphatic carbocycles. The van der Waals surface area contributed by atoms with Gasteiger partial charge in [0, 0.05) is 18.6 Å². The molecule has 0 heterocycles. The zero-order valence-electron chi connectivity index (χ0n) is 12.2. The van der Waals surface area contributed by atoms with Crippen LogP contribution >= 0.6 is 0 Å². The number of rotatable bonds is 9. The summed E-state index contributed by atoms with van der Waals surface area (Å²) in [4.78, 5) is 0. The van der Waals surface area contributed by atoms with Crippen molar-refractivity contribution in [3.05, 3.63) is 0 Å². The summed E-state index contributed by atoms with van der Waals surface area (Å²) < 4.78 is 0. The van der Waals surface area contributed by atoms with Gasteiger partial charge in [-0.1, -0.05) is 32.9 Å². The number of aliphatic hydroxyl groups is 1. The van der Waals surface area contributed by atoms with Crippen molar-refractivity contribution in [1.29, 1.82) is 0 Å². The topological polar surface area (TPSA) is 90.9 Å². The fourth-order valence-electron chi connectivity index (χ4n) is 1.74. The Hall–Kier alpha value is -0.810. The number of amidine groups is 1. The first-order valence-corrected chi connectivity index (χ1v) is 6.55. The molecule has 0 radical (unpaired) electrons. The minimum Gasteiger partial charge on any atom is -0.409 e. The van der Waals surface area contributed by atoms with Crippen LogP contribution in [-0.2, 0) is 0 Å². The van der Waals surface area contributed by atoms with E-state index >= 15 is 0 Å². The van der Waals surface area contributed by atoms with Gasteiger partial charge in [0.15, 0.2) is 0 Å². The van der Waals surface area contributed by atoms with Crippen LogP contribution in [0.2, 0.25) is 0 Å². The highest BCUT2D eigenvalue weighted by Gasteiger charge is 2.23. The summed E-state index contributed by atoms with van der Waals surface area (Å²) in [7, 11) is 0. The Bertz CT molecular complexity index is 263. The van der Waals surface area contributed by atoms with Crippen molar-refractivity contribution >= 4 is 5.84 Å². The molecule has 0 aliphatic rings. The van der Waals surface area contributed by atoms with Crippen molar-refractivity contribution in [1.82, 2.24) is 5.32 Å². The van der Waals surface area contributed by atoms with Crippen LogP contribution in [0.3, 0.4) is 0 Å². The Kier molecular flexibility index (Phi) is 7.25. The average Bonchev–Trinajstić information content (AvgIpc) is 2.31. The lowest BCUT2D eigenvalue weighted by atomic mass is 9.86. The average molecular weight is 259 g/mol. The monoisotopic (exact) mass is 259 g/mol. The van der Waals surface area contributed by atoms with E-state index in [0.29, 0.717) is 0 Å². The molecule has 0 fully saturated rings. The third-order valence-electron chi connectivity index (χ3n) is 3.34. The predicted molar refractivity (Wildman–Crippen MR) is 74.8 cm³/mol. The summed E-state index contributed by atoms with van der Waals surface area (Å²) in [5.41, 5.74) is 5.52. The van der Waals surface area contributed by atoms with E-state index in [4.69, 9.17) is 16.0 Å². The third kappa shape index (κ3) is 6.81. The molecule has 0 aliphatic heterocycles. The third-order valence-corrected chi connectivity index (χ3v) is 3.34. The molecular weight excluding hydrogens is 230 g/mol. The summed E-state index contributed by atoms with van der Waals surface area (Å²) in [5, 5.41) is 24.0. The van der Waals surface area contributed by atoms with E-state index in [1.165, 1.54) is 0 Å².